The average Bonchev–Trinajstić information content (AvgIpc) is 3.24. The fourth-order valence-corrected chi connectivity index (χ4v) is 5.17. The van der Waals surface area contributed by atoms with Crippen LogP contribution in [-0.2, 0) is 0 Å². The summed E-state index contributed by atoms with van der Waals surface area (Å²) < 4.78 is 0. The number of rotatable bonds is 3. The summed E-state index contributed by atoms with van der Waals surface area (Å²) in [7, 11) is 0. The molecular formula is C32H20N2. The van der Waals surface area contributed by atoms with Gasteiger partial charge in [0.05, 0.1) is 11.4 Å². The smallest absolute Gasteiger partial charge is 0.0964 e. The van der Waals surface area contributed by atoms with Crippen LogP contribution >= 0.6 is 0 Å². The second kappa shape index (κ2) is 7.50. The molecule has 34 heavy (non-hydrogen) atoms. The van der Waals surface area contributed by atoms with Crippen LogP contribution in [0.5, 0.6) is 0 Å². The van der Waals surface area contributed by atoms with Crippen molar-refractivity contribution in [3.8, 4) is 55.9 Å². The molecule has 0 saturated carbocycles. The van der Waals surface area contributed by atoms with Gasteiger partial charge in [0.2, 0.25) is 0 Å². The quantitative estimate of drug-likeness (QED) is 0.281. The van der Waals surface area contributed by atoms with E-state index >= 15 is 0 Å². The molecule has 1 aliphatic rings. The van der Waals surface area contributed by atoms with E-state index in [2.05, 4.69) is 94.9 Å². The van der Waals surface area contributed by atoms with Crippen molar-refractivity contribution in [1.82, 2.24) is 9.97 Å². The van der Waals surface area contributed by atoms with Crippen LogP contribution in [0.25, 0.3) is 66.7 Å². The van der Waals surface area contributed by atoms with Crippen LogP contribution in [0.15, 0.2) is 122 Å². The Morgan fingerprint density at radius 2 is 1.12 bits per heavy atom. The van der Waals surface area contributed by atoms with Gasteiger partial charge >= 0.3 is 0 Å². The van der Waals surface area contributed by atoms with Gasteiger partial charge in [0.15, 0.2) is 0 Å². The van der Waals surface area contributed by atoms with Gasteiger partial charge in [-0.25, -0.2) is 0 Å². The van der Waals surface area contributed by atoms with Crippen molar-refractivity contribution in [3.63, 3.8) is 0 Å². The summed E-state index contributed by atoms with van der Waals surface area (Å²) in [6.07, 6.45) is 3.64. The lowest BCUT2D eigenvalue weighted by atomic mass is 9.94. The number of fused-ring (bicyclic) bond motifs is 3. The minimum Gasteiger partial charge on any atom is -0.255 e. The minimum atomic E-state index is 0.884. The maximum atomic E-state index is 4.63. The van der Waals surface area contributed by atoms with Crippen molar-refractivity contribution in [1.29, 1.82) is 0 Å². The van der Waals surface area contributed by atoms with Crippen LogP contribution in [0, 0.1) is 0 Å². The summed E-state index contributed by atoms with van der Waals surface area (Å²) in [5, 5.41) is 2.65. The zero-order valence-corrected chi connectivity index (χ0v) is 18.4. The van der Waals surface area contributed by atoms with Gasteiger partial charge in [-0.2, -0.15) is 0 Å². The SMILES string of the molecule is c1ccc(-c2ncccc2-c2ccc(-c3cc4c5c(cccc5c3)-c3ccccc3-4)cc2)nc1. The summed E-state index contributed by atoms with van der Waals surface area (Å²) in [5.74, 6) is 0. The monoisotopic (exact) mass is 432 g/mol. The fraction of sp³-hybridized carbons (Fsp3) is 0. The zero-order chi connectivity index (χ0) is 22.5. The van der Waals surface area contributed by atoms with Crippen LogP contribution in [0.4, 0.5) is 0 Å². The van der Waals surface area contributed by atoms with E-state index < -0.39 is 0 Å². The Bertz CT molecular complexity index is 1680. The predicted octanol–water partition coefficient (Wildman–Crippen LogP) is 8.28. The Kier molecular flexibility index (Phi) is 4.18. The van der Waals surface area contributed by atoms with E-state index in [1.807, 2.05) is 36.7 Å². The lowest BCUT2D eigenvalue weighted by Crippen LogP contribution is -1.91. The molecule has 0 amide bonds. The fourth-order valence-electron chi connectivity index (χ4n) is 5.17. The third kappa shape index (κ3) is 2.89. The summed E-state index contributed by atoms with van der Waals surface area (Å²) in [5.41, 5.74) is 11.8. The van der Waals surface area contributed by atoms with E-state index in [0.717, 1.165) is 22.5 Å². The molecule has 2 aromatic heterocycles. The zero-order valence-electron chi connectivity index (χ0n) is 18.4. The van der Waals surface area contributed by atoms with Crippen molar-refractivity contribution in [2.45, 2.75) is 0 Å². The Labute approximate surface area is 198 Å². The van der Waals surface area contributed by atoms with Crippen molar-refractivity contribution in [2.75, 3.05) is 0 Å². The van der Waals surface area contributed by atoms with Gasteiger partial charge in [-0.3, -0.25) is 9.97 Å². The summed E-state index contributed by atoms with van der Waals surface area (Å²) in [6.45, 7) is 0. The molecule has 0 spiro atoms. The molecular weight excluding hydrogens is 412 g/mol. The molecule has 6 aromatic rings. The molecule has 1 aliphatic carbocycles. The first-order chi connectivity index (χ1) is 16.9. The third-order valence-electron chi connectivity index (χ3n) is 6.73. The average molecular weight is 433 g/mol. The lowest BCUT2D eigenvalue weighted by Gasteiger charge is -2.11. The van der Waals surface area contributed by atoms with Crippen molar-refractivity contribution >= 4 is 10.8 Å². The third-order valence-corrected chi connectivity index (χ3v) is 6.73. The standard InChI is InChI=1S/C32H20N2/c1-2-9-27-26(8-1)28-10-5-7-23-19-24(20-29(27)31(23)28)21-13-15-22(16-14-21)25-11-6-18-34-32(25)30-12-3-4-17-33-30/h1-20H. The summed E-state index contributed by atoms with van der Waals surface area (Å²) in [6, 6.07) is 38.8. The first-order valence-electron chi connectivity index (χ1n) is 11.5. The van der Waals surface area contributed by atoms with Gasteiger partial charge in [0, 0.05) is 18.0 Å². The minimum absolute atomic E-state index is 0.884. The molecule has 0 radical (unpaired) electrons. The van der Waals surface area contributed by atoms with Crippen molar-refractivity contribution < 1.29 is 0 Å². The van der Waals surface area contributed by atoms with Crippen LogP contribution in [0.2, 0.25) is 0 Å². The number of hydrogen-bond donors (Lipinski definition) is 0. The molecule has 0 saturated heterocycles. The molecule has 2 heterocycles. The van der Waals surface area contributed by atoms with Crippen molar-refractivity contribution in [2.24, 2.45) is 0 Å². The molecule has 0 fully saturated rings. The van der Waals surface area contributed by atoms with Gasteiger partial charge in [0.1, 0.15) is 0 Å². The maximum Gasteiger partial charge on any atom is 0.0964 e. The van der Waals surface area contributed by atoms with E-state index in [1.165, 1.54) is 44.2 Å². The highest BCUT2D eigenvalue weighted by Crippen LogP contribution is 2.48. The number of nitrogens with zero attached hydrogens (tertiary/aromatic N) is 2. The van der Waals surface area contributed by atoms with Crippen LogP contribution in [0.1, 0.15) is 0 Å². The molecule has 0 unspecified atom stereocenters. The number of benzene rings is 4. The van der Waals surface area contributed by atoms with Gasteiger partial charge in [-0.05, 0) is 80.0 Å². The normalized spacial score (nSPS) is 11.5. The highest BCUT2D eigenvalue weighted by atomic mass is 14.8. The second-order valence-corrected chi connectivity index (χ2v) is 8.66. The number of hydrogen-bond acceptors (Lipinski definition) is 2. The Hall–Kier alpha value is -4.56. The van der Waals surface area contributed by atoms with Crippen LogP contribution in [0.3, 0.4) is 0 Å². The Balaban J connectivity index is 1.33. The van der Waals surface area contributed by atoms with Crippen LogP contribution < -0.4 is 0 Å². The van der Waals surface area contributed by atoms with E-state index in [9.17, 15) is 0 Å². The Morgan fingerprint density at radius 1 is 0.412 bits per heavy atom. The molecule has 158 valence electrons. The lowest BCUT2D eigenvalue weighted by molar-refractivity contribution is 1.25. The van der Waals surface area contributed by atoms with E-state index in [-0.39, 0.29) is 0 Å². The molecule has 0 aliphatic heterocycles. The van der Waals surface area contributed by atoms with Crippen LogP contribution in [-0.4, -0.2) is 9.97 Å². The summed E-state index contributed by atoms with van der Waals surface area (Å²) >= 11 is 0. The van der Waals surface area contributed by atoms with Gasteiger partial charge in [-0.15, -0.1) is 0 Å². The number of aromatic nitrogens is 2. The highest BCUT2D eigenvalue weighted by molar-refractivity contribution is 6.16. The van der Waals surface area contributed by atoms with Gasteiger partial charge in [-0.1, -0.05) is 78.9 Å². The second-order valence-electron chi connectivity index (χ2n) is 8.66. The molecule has 0 atom stereocenters. The molecule has 0 bridgehead atoms. The molecule has 4 aromatic carbocycles. The first-order valence-corrected chi connectivity index (χ1v) is 11.5. The topological polar surface area (TPSA) is 25.8 Å². The molecule has 7 rings (SSSR count). The van der Waals surface area contributed by atoms with Crippen molar-refractivity contribution in [3.05, 3.63) is 122 Å². The summed E-state index contributed by atoms with van der Waals surface area (Å²) in [4.78, 5) is 9.14. The maximum absolute atomic E-state index is 4.63. The Morgan fingerprint density at radius 3 is 1.94 bits per heavy atom. The number of pyridine rings is 2. The highest BCUT2D eigenvalue weighted by Gasteiger charge is 2.21. The largest absolute Gasteiger partial charge is 0.255 e. The molecule has 2 heteroatoms. The first kappa shape index (κ1) is 19.0. The molecule has 2 nitrogen and oxygen atoms in total. The van der Waals surface area contributed by atoms with Gasteiger partial charge in [0.25, 0.3) is 0 Å². The van der Waals surface area contributed by atoms with Gasteiger partial charge < -0.3 is 0 Å². The van der Waals surface area contributed by atoms with E-state index in [0.29, 0.717) is 0 Å². The molecule has 0 N–H and O–H groups in total. The van der Waals surface area contributed by atoms with E-state index in [4.69, 9.17) is 0 Å². The van der Waals surface area contributed by atoms with E-state index in [1.54, 1.807) is 0 Å². The predicted molar refractivity (Wildman–Crippen MR) is 140 cm³/mol.